The van der Waals surface area contributed by atoms with Crippen LogP contribution in [0.2, 0.25) is 0 Å². The molecule has 0 bridgehead atoms. The van der Waals surface area contributed by atoms with Gasteiger partial charge < -0.3 is 14.4 Å². The van der Waals surface area contributed by atoms with Crippen LogP contribution in [0, 0.1) is 0 Å². The normalized spacial score (nSPS) is 14.0. The monoisotopic (exact) mass is 464 g/mol. The largest absolute Gasteiger partial charge is 0.454 e. The van der Waals surface area contributed by atoms with Gasteiger partial charge in [-0.1, -0.05) is 54.6 Å². The summed E-state index contributed by atoms with van der Waals surface area (Å²) in [7, 11) is 0. The van der Waals surface area contributed by atoms with Gasteiger partial charge in [0, 0.05) is 24.0 Å². The zero-order valence-electron chi connectivity index (χ0n) is 18.6. The quantitative estimate of drug-likeness (QED) is 0.435. The van der Waals surface area contributed by atoms with Crippen molar-refractivity contribution in [2.24, 2.45) is 0 Å². The standard InChI is InChI=1S/C26H20N6O3/c33-25-20-10-4-3-9-19(20)22(27-29-25)24-28-30-26(31-12-16-6-1-2-7-17(16)13-31)32(24)14-18-8-5-11-21-23(18)35-15-34-21/h1-11H,12-15H2,(H,29,33). The lowest BCUT2D eigenvalue weighted by molar-refractivity contribution is 0.173. The minimum Gasteiger partial charge on any atom is -0.454 e. The van der Waals surface area contributed by atoms with E-state index in [4.69, 9.17) is 9.47 Å². The number of nitrogens with zero attached hydrogens (tertiary/aromatic N) is 5. The van der Waals surface area contributed by atoms with Crippen molar-refractivity contribution in [2.75, 3.05) is 11.7 Å². The van der Waals surface area contributed by atoms with E-state index < -0.39 is 0 Å². The molecule has 0 radical (unpaired) electrons. The number of ether oxygens (including phenoxy) is 2. The average Bonchev–Trinajstić information content (AvgIpc) is 3.63. The van der Waals surface area contributed by atoms with Crippen LogP contribution in [0.15, 0.2) is 71.5 Å². The molecule has 4 heterocycles. The van der Waals surface area contributed by atoms with E-state index in [0.29, 0.717) is 23.4 Å². The van der Waals surface area contributed by atoms with Crippen molar-refractivity contribution in [1.29, 1.82) is 0 Å². The van der Waals surface area contributed by atoms with Gasteiger partial charge in [-0.05, 0) is 23.3 Å². The first-order valence-corrected chi connectivity index (χ1v) is 11.4. The second kappa shape index (κ2) is 7.69. The molecule has 0 saturated carbocycles. The molecule has 5 aromatic rings. The van der Waals surface area contributed by atoms with Crippen LogP contribution in [0.5, 0.6) is 11.5 Å². The number of para-hydroxylation sites is 1. The fourth-order valence-electron chi connectivity index (χ4n) is 4.89. The maximum atomic E-state index is 12.4. The summed E-state index contributed by atoms with van der Waals surface area (Å²) in [4.78, 5) is 14.6. The van der Waals surface area contributed by atoms with Gasteiger partial charge in [-0.25, -0.2) is 5.10 Å². The van der Waals surface area contributed by atoms with Crippen LogP contribution in [-0.4, -0.2) is 31.8 Å². The van der Waals surface area contributed by atoms with E-state index in [-0.39, 0.29) is 12.4 Å². The van der Waals surface area contributed by atoms with E-state index >= 15 is 0 Å². The molecule has 0 fully saturated rings. The molecule has 0 spiro atoms. The summed E-state index contributed by atoms with van der Waals surface area (Å²) in [5.74, 6) is 2.74. The summed E-state index contributed by atoms with van der Waals surface area (Å²) in [5, 5.41) is 17.5. The van der Waals surface area contributed by atoms with Crippen LogP contribution >= 0.6 is 0 Å². The van der Waals surface area contributed by atoms with Crippen LogP contribution in [0.4, 0.5) is 5.95 Å². The highest BCUT2D eigenvalue weighted by Crippen LogP contribution is 2.38. The topological polar surface area (TPSA) is 98.2 Å². The maximum Gasteiger partial charge on any atom is 0.272 e. The minimum absolute atomic E-state index is 0.196. The van der Waals surface area contributed by atoms with Crippen molar-refractivity contribution in [2.45, 2.75) is 19.6 Å². The number of nitrogens with one attached hydrogen (secondary N) is 1. The van der Waals surface area contributed by atoms with Crippen molar-refractivity contribution >= 4 is 16.7 Å². The fourth-order valence-corrected chi connectivity index (χ4v) is 4.89. The summed E-state index contributed by atoms with van der Waals surface area (Å²) in [5.41, 5.74) is 3.83. The third-order valence-electron chi connectivity index (χ3n) is 6.57. The molecule has 2 aliphatic heterocycles. The maximum absolute atomic E-state index is 12.4. The molecule has 172 valence electrons. The fraction of sp³-hybridized carbons (Fsp3) is 0.154. The Morgan fingerprint density at radius 2 is 1.63 bits per heavy atom. The lowest BCUT2D eigenvalue weighted by atomic mass is 10.1. The van der Waals surface area contributed by atoms with Crippen molar-refractivity contribution < 1.29 is 9.47 Å². The number of H-pyrrole nitrogens is 1. The molecule has 2 aliphatic rings. The van der Waals surface area contributed by atoms with E-state index in [1.165, 1.54) is 11.1 Å². The van der Waals surface area contributed by atoms with Gasteiger partial charge in [-0.3, -0.25) is 9.36 Å². The SMILES string of the molecule is O=c1[nH]nc(-c2nnc(N3Cc4ccccc4C3)n2Cc2cccc3c2OCO3)c2ccccc12. The number of hydrogen-bond donors (Lipinski definition) is 1. The van der Waals surface area contributed by atoms with Gasteiger partial charge in [0.1, 0.15) is 5.69 Å². The van der Waals surface area contributed by atoms with Crippen LogP contribution in [0.25, 0.3) is 22.3 Å². The van der Waals surface area contributed by atoms with Crippen molar-refractivity contribution in [3.63, 3.8) is 0 Å². The summed E-state index contributed by atoms with van der Waals surface area (Å²) >= 11 is 0. The first-order valence-electron chi connectivity index (χ1n) is 11.4. The Morgan fingerprint density at radius 1 is 0.857 bits per heavy atom. The highest BCUT2D eigenvalue weighted by atomic mass is 16.7. The lowest BCUT2D eigenvalue weighted by Gasteiger charge is -2.19. The third kappa shape index (κ3) is 3.16. The van der Waals surface area contributed by atoms with Crippen LogP contribution in [-0.2, 0) is 19.6 Å². The minimum atomic E-state index is -0.239. The second-order valence-electron chi connectivity index (χ2n) is 8.63. The molecule has 35 heavy (non-hydrogen) atoms. The predicted molar refractivity (Wildman–Crippen MR) is 129 cm³/mol. The molecule has 1 N–H and O–H groups in total. The number of fused-ring (bicyclic) bond motifs is 3. The summed E-state index contributed by atoms with van der Waals surface area (Å²) in [6.07, 6.45) is 0. The highest BCUT2D eigenvalue weighted by Gasteiger charge is 2.28. The number of aromatic amines is 1. The summed E-state index contributed by atoms with van der Waals surface area (Å²) in [6, 6.07) is 21.6. The molecular formula is C26H20N6O3. The lowest BCUT2D eigenvalue weighted by Crippen LogP contribution is -2.21. The summed E-state index contributed by atoms with van der Waals surface area (Å²) < 4.78 is 13.4. The van der Waals surface area contributed by atoms with Gasteiger partial charge in [0.15, 0.2) is 17.3 Å². The number of anilines is 1. The Balaban J connectivity index is 1.40. The molecule has 0 atom stereocenters. The Hall–Kier alpha value is -4.66. The van der Waals surface area contributed by atoms with E-state index in [2.05, 4.69) is 49.6 Å². The van der Waals surface area contributed by atoms with E-state index in [9.17, 15) is 4.79 Å². The number of rotatable bonds is 4. The van der Waals surface area contributed by atoms with Gasteiger partial charge in [0.2, 0.25) is 12.7 Å². The van der Waals surface area contributed by atoms with Gasteiger partial charge in [-0.15, -0.1) is 10.2 Å². The number of benzene rings is 3. The van der Waals surface area contributed by atoms with Crippen LogP contribution < -0.4 is 19.9 Å². The smallest absolute Gasteiger partial charge is 0.272 e. The first-order chi connectivity index (χ1) is 17.3. The van der Waals surface area contributed by atoms with E-state index in [1.807, 2.05) is 41.0 Å². The van der Waals surface area contributed by atoms with Crippen LogP contribution in [0.1, 0.15) is 16.7 Å². The Labute approximate surface area is 199 Å². The van der Waals surface area contributed by atoms with Crippen molar-refractivity contribution in [3.05, 3.63) is 93.8 Å². The Bertz CT molecular complexity index is 1630. The molecule has 0 aliphatic carbocycles. The highest BCUT2D eigenvalue weighted by molar-refractivity contribution is 5.92. The summed E-state index contributed by atoms with van der Waals surface area (Å²) in [6.45, 7) is 2.12. The Kier molecular flexibility index (Phi) is 4.35. The van der Waals surface area contributed by atoms with Crippen LogP contribution in [0.3, 0.4) is 0 Å². The molecule has 3 aromatic carbocycles. The average molecular weight is 464 g/mol. The molecule has 0 unspecified atom stereocenters. The van der Waals surface area contributed by atoms with Gasteiger partial charge >= 0.3 is 0 Å². The zero-order chi connectivity index (χ0) is 23.4. The van der Waals surface area contributed by atoms with Gasteiger partial charge in [0.25, 0.3) is 5.56 Å². The predicted octanol–water partition coefficient (Wildman–Crippen LogP) is 3.48. The molecule has 7 rings (SSSR count). The third-order valence-corrected chi connectivity index (χ3v) is 6.57. The van der Waals surface area contributed by atoms with Crippen molar-refractivity contribution in [1.82, 2.24) is 25.0 Å². The van der Waals surface area contributed by atoms with E-state index in [1.54, 1.807) is 6.07 Å². The van der Waals surface area contributed by atoms with Gasteiger partial charge in [-0.2, -0.15) is 5.10 Å². The molecule has 2 aromatic heterocycles. The number of aromatic nitrogens is 5. The Morgan fingerprint density at radius 3 is 2.46 bits per heavy atom. The molecule has 9 nitrogen and oxygen atoms in total. The number of hydrogen-bond acceptors (Lipinski definition) is 7. The molecule has 9 heteroatoms. The first kappa shape index (κ1) is 19.8. The molecule has 0 amide bonds. The molecule has 0 saturated heterocycles. The second-order valence-corrected chi connectivity index (χ2v) is 8.63. The van der Waals surface area contributed by atoms with Crippen molar-refractivity contribution in [3.8, 4) is 23.0 Å². The molecular weight excluding hydrogens is 444 g/mol. The van der Waals surface area contributed by atoms with E-state index in [0.717, 1.165) is 41.5 Å². The van der Waals surface area contributed by atoms with Gasteiger partial charge in [0.05, 0.1) is 11.9 Å². The zero-order valence-corrected chi connectivity index (χ0v) is 18.6.